The van der Waals surface area contributed by atoms with E-state index in [9.17, 15) is 4.79 Å². The molecule has 1 heterocycles. The molecule has 2 aromatic carbocycles. The van der Waals surface area contributed by atoms with Crippen LogP contribution in [-0.4, -0.2) is 0 Å². The van der Waals surface area contributed by atoms with E-state index in [0.717, 1.165) is 10.8 Å². The molecule has 3 rings (SSSR count). The molecule has 0 amide bonds. The number of benzene rings is 2. The first kappa shape index (κ1) is 9.48. The summed E-state index contributed by atoms with van der Waals surface area (Å²) in [6.07, 6.45) is 0. The van der Waals surface area contributed by atoms with Crippen LogP contribution in [0.15, 0.2) is 56.8 Å². The van der Waals surface area contributed by atoms with Crippen LogP contribution in [0.5, 0.6) is 0 Å². The van der Waals surface area contributed by atoms with Crippen molar-refractivity contribution in [2.75, 3.05) is 0 Å². The molecule has 0 fully saturated rings. The second-order valence-corrected chi connectivity index (χ2v) is 4.05. The van der Waals surface area contributed by atoms with Crippen molar-refractivity contribution in [3.63, 3.8) is 0 Å². The summed E-state index contributed by atoms with van der Waals surface area (Å²) in [5.41, 5.74) is 0.549. The Labute approximate surface area is 96.9 Å². The van der Waals surface area contributed by atoms with Crippen LogP contribution in [0.3, 0.4) is 0 Å². The van der Waals surface area contributed by atoms with Gasteiger partial charge in [-0.2, -0.15) is 0 Å². The van der Waals surface area contributed by atoms with Crippen molar-refractivity contribution in [2.45, 2.75) is 5.09 Å². The largest absolute Gasteiger partial charge is 0.449 e. The van der Waals surface area contributed by atoms with Gasteiger partial charge in [0.15, 0.2) is 10.5 Å². The first-order chi connectivity index (χ1) is 7.75. The second kappa shape index (κ2) is 3.39. The highest BCUT2D eigenvalue weighted by Crippen LogP contribution is 2.24. The van der Waals surface area contributed by atoms with Crippen LogP contribution in [0.1, 0.15) is 0 Å². The molecule has 0 atom stereocenters. The fourth-order valence-electron chi connectivity index (χ4n) is 1.87. The molecule has 78 valence electrons. The van der Waals surface area contributed by atoms with Gasteiger partial charge in [-0.05, 0) is 11.5 Å². The van der Waals surface area contributed by atoms with Crippen LogP contribution in [0.25, 0.3) is 21.7 Å². The topological polar surface area (TPSA) is 30.2 Å². The fraction of sp³-hybridized carbons (Fsp3) is 0. The van der Waals surface area contributed by atoms with E-state index < -0.39 is 0 Å². The lowest BCUT2D eigenvalue weighted by Gasteiger charge is -2.02. The van der Waals surface area contributed by atoms with Crippen LogP contribution < -0.4 is 5.43 Å². The Balaban J connectivity index is 2.65. The molecule has 0 saturated heterocycles. The van der Waals surface area contributed by atoms with Crippen molar-refractivity contribution in [3.8, 4) is 0 Å². The second-order valence-electron chi connectivity index (χ2n) is 3.61. The standard InChI is InChI=1S/C13H8O2S/c14-11-7-12(16)15-13-9-4-2-1-3-8(9)5-6-10(11)13/h1-7,16H. The van der Waals surface area contributed by atoms with E-state index in [1.54, 1.807) is 6.07 Å². The van der Waals surface area contributed by atoms with E-state index in [-0.39, 0.29) is 5.43 Å². The maximum atomic E-state index is 11.7. The Morgan fingerprint density at radius 2 is 1.81 bits per heavy atom. The van der Waals surface area contributed by atoms with Crippen molar-refractivity contribution < 1.29 is 4.42 Å². The molecule has 0 aliphatic carbocycles. The van der Waals surface area contributed by atoms with Crippen molar-refractivity contribution in [3.05, 3.63) is 52.7 Å². The van der Waals surface area contributed by atoms with Crippen LogP contribution in [0.4, 0.5) is 0 Å². The lowest BCUT2D eigenvalue weighted by molar-refractivity contribution is 0.505. The average molecular weight is 228 g/mol. The maximum absolute atomic E-state index is 11.7. The van der Waals surface area contributed by atoms with E-state index in [1.807, 2.05) is 30.3 Å². The number of rotatable bonds is 0. The number of fused-ring (bicyclic) bond motifs is 3. The minimum Gasteiger partial charge on any atom is -0.449 e. The minimum atomic E-state index is -0.0583. The Hall–Kier alpha value is -1.74. The number of hydrogen-bond donors (Lipinski definition) is 1. The highest BCUT2D eigenvalue weighted by Gasteiger charge is 2.06. The molecule has 2 nitrogen and oxygen atoms in total. The molecule has 0 bridgehead atoms. The van der Waals surface area contributed by atoms with Crippen LogP contribution in [0, 0.1) is 0 Å². The lowest BCUT2D eigenvalue weighted by Crippen LogP contribution is -1.99. The summed E-state index contributed by atoms with van der Waals surface area (Å²) in [6, 6.07) is 12.9. The Morgan fingerprint density at radius 3 is 2.69 bits per heavy atom. The first-order valence-electron chi connectivity index (χ1n) is 4.90. The average Bonchev–Trinajstić information content (AvgIpc) is 2.28. The van der Waals surface area contributed by atoms with Gasteiger partial charge in [-0.1, -0.05) is 30.3 Å². The molecule has 0 saturated carbocycles. The molecule has 0 aliphatic rings. The SMILES string of the molecule is O=c1cc(S)oc2c1ccc1ccccc12. The van der Waals surface area contributed by atoms with Gasteiger partial charge < -0.3 is 4.42 Å². The van der Waals surface area contributed by atoms with Gasteiger partial charge >= 0.3 is 0 Å². The van der Waals surface area contributed by atoms with E-state index in [2.05, 4.69) is 12.6 Å². The molecular formula is C13H8O2S. The van der Waals surface area contributed by atoms with E-state index in [0.29, 0.717) is 16.1 Å². The van der Waals surface area contributed by atoms with Crippen LogP contribution >= 0.6 is 12.6 Å². The quantitative estimate of drug-likeness (QED) is 0.473. The minimum absolute atomic E-state index is 0.0583. The molecule has 0 N–H and O–H groups in total. The summed E-state index contributed by atoms with van der Waals surface area (Å²) in [6.45, 7) is 0. The van der Waals surface area contributed by atoms with Crippen LogP contribution in [0.2, 0.25) is 0 Å². The van der Waals surface area contributed by atoms with Crippen molar-refractivity contribution in [1.29, 1.82) is 0 Å². The zero-order chi connectivity index (χ0) is 11.1. The third-order valence-corrected chi connectivity index (χ3v) is 2.83. The molecular weight excluding hydrogens is 220 g/mol. The van der Waals surface area contributed by atoms with Gasteiger partial charge in [-0.25, -0.2) is 0 Å². The predicted octanol–water partition coefficient (Wildman–Crippen LogP) is 3.23. The van der Waals surface area contributed by atoms with Gasteiger partial charge in [0.05, 0.1) is 5.39 Å². The summed E-state index contributed by atoms with van der Waals surface area (Å²) in [7, 11) is 0. The molecule has 3 heteroatoms. The highest BCUT2D eigenvalue weighted by atomic mass is 32.1. The summed E-state index contributed by atoms with van der Waals surface area (Å²) in [4.78, 5) is 11.7. The van der Waals surface area contributed by atoms with Crippen molar-refractivity contribution in [1.82, 2.24) is 0 Å². The first-order valence-corrected chi connectivity index (χ1v) is 5.35. The van der Waals surface area contributed by atoms with Gasteiger partial charge in [0.2, 0.25) is 0 Å². The zero-order valence-electron chi connectivity index (χ0n) is 8.31. The Kier molecular flexibility index (Phi) is 2.01. The van der Waals surface area contributed by atoms with Crippen LogP contribution in [-0.2, 0) is 0 Å². The third kappa shape index (κ3) is 1.32. The van der Waals surface area contributed by atoms with E-state index >= 15 is 0 Å². The lowest BCUT2D eigenvalue weighted by atomic mass is 10.1. The zero-order valence-corrected chi connectivity index (χ0v) is 9.20. The summed E-state index contributed by atoms with van der Waals surface area (Å²) >= 11 is 4.09. The normalized spacial score (nSPS) is 11.1. The van der Waals surface area contributed by atoms with E-state index in [4.69, 9.17) is 4.42 Å². The van der Waals surface area contributed by atoms with Gasteiger partial charge in [0.1, 0.15) is 5.58 Å². The maximum Gasteiger partial charge on any atom is 0.193 e. The van der Waals surface area contributed by atoms with Gasteiger partial charge in [0.25, 0.3) is 0 Å². The molecule has 16 heavy (non-hydrogen) atoms. The Morgan fingerprint density at radius 1 is 1.00 bits per heavy atom. The molecule has 0 aliphatic heterocycles. The molecule has 0 radical (unpaired) electrons. The summed E-state index contributed by atoms with van der Waals surface area (Å²) < 4.78 is 5.52. The monoisotopic (exact) mass is 228 g/mol. The van der Waals surface area contributed by atoms with Gasteiger partial charge in [-0.3, -0.25) is 4.79 Å². The molecule has 0 spiro atoms. The van der Waals surface area contributed by atoms with E-state index in [1.165, 1.54) is 6.07 Å². The number of hydrogen-bond acceptors (Lipinski definition) is 3. The van der Waals surface area contributed by atoms with Gasteiger partial charge in [-0.15, -0.1) is 12.6 Å². The molecule has 1 aromatic heterocycles. The summed E-state index contributed by atoms with van der Waals surface area (Å²) in [5.74, 6) is 0. The predicted molar refractivity (Wildman–Crippen MR) is 67.2 cm³/mol. The fourth-order valence-corrected chi connectivity index (χ4v) is 2.08. The smallest absolute Gasteiger partial charge is 0.193 e. The Bertz CT molecular complexity index is 744. The molecule has 0 unspecified atom stereocenters. The van der Waals surface area contributed by atoms with Gasteiger partial charge in [0, 0.05) is 11.5 Å². The highest BCUT2D eigenvalue weighted by molar-refractivity contribution is 7.80. The summed E-state index contributed by atoms with van der Waals surface area (Å²) in [5, 5.41) is 2.93. The van der Waals surface area contributed by atoms with Crippen molar-refractivity contribution in [2.24, 2.45) is 0 Å². The molecule has 3 aromatic rings. The van der Waals surface area contributed by atoms with Crippen molar-refractivity contribution >= 4 is 34.4 Å². The third-order valence-electron chi connectivity index (χ3n) is 2.61. The number of thiol groups is 1.